The first kappa shape index (κ1) is 19.4. The standard InChI is InChI=1S/C21H23N3O4/c1-12-7-6-8-18(14(12)3)27-15(4)21(25)22-20-19(23-28-24-20)16-9-10-17(26-5)13(2)11-16/h6-11,15H,1-5H3,(H,22,24,25). The fourth-order valence-corrected chi connectivity index (χ4v) is 2.80. The zero-order valence-corrected chi connectivity index (χ0v) is 16.6. The molecule has 28 heavy (non-hydrogen) atoms. The maximum atomic E-state index is 12.6. The number of carbonyl (C=O) groups excluding carboxylic acids is 1. The van der Waals surface area contributed by atoms with Crippen LogP contribution in [0.1, 0.15) is 23.6 Å². The van der Waals surface area contributed by atoms with Crippen molar-refractivity contribution in [1.29, 1.82) is 0 Å². The average molecular weight is 381 g/mol. The van der Waals surface area contributed by atoms with Crippen LogP contribution in [0, 0.1) is 20.8 Å². The second kappa shape index (κ2) is 8.12. The van der Waals surface area contributed by atoms with E-state index in [4.69, 9.17) is 14.1 Å². The van der Waals surface area contributed by atoms with E-state index in [1.165, 1.54) is 0 Å². The van der Waals surface area contributed by atoms with Crippen LogP contribution in [0.15, 0.2) is 41.0 Å². The summed E-state index contributed by atoms with van der Waals surface area (Å²) in [6.07, 6.45) is -0.720. The first-order valence-corrected chi connectivity index (χ1v) is 8.92. The lowest BCUT2D eigenvalue weighted by Gasteiger charge is -2.16. The molecule has 7 heteroatoms. The Morgan fingerprint density at radius 1 is 1.07 bits per heavy atom. The van der Waals surface area contributed by atoms with Gasteiger partial charge in [-0.1, -0.05) is 12.1 Å². The fraction of sp³-hybridized carbons (Fsp3) is 0.286. The number of carbonyl (C=O) groups is 1. The highest BCUT2D eigenvalue weighted by Gasteiger charge is 2.21. The number of aromatic nitrogens is 2. The number of nitrogens with zero attached hydrogens (tertiary/aromatic N) is 2. The molecule has 1 amide bonds. The molecule has 1 N–H and O–H groups in total. The normalized spacial score (nSPS) is 11.8. The van der Waals surface area contributed by atoms with Crippen LogP contribution in [0.3, 0.4) is 0 Å². The van der Waals surface area contributed by atoms with Crippen molar-refractivity contribution in [2.24, 2.45) is 0 Å². The second-order valence-corrected chi connectivity index (χ2v) is 6.59. The Labute approximate surface area is 163 Å². The van der Waals surface area contributed by atoms with Gasteiger partial charge in [-0.15, -0.1) is 0 Å². The molecular weight excluding hydrogens is 358 g/mol. The molecule has 2 aromatic carbocycles. The van der Waals surface area contributed by atoms with Gasteiger partial charge < -0.3 is 14.8 Å². The fourth-order valence-electron chi connectivity index (χ4n) is 2.80. The van der Waals surface area contributed by atoms with E-state index >= 15 is 0 Å². The summed E-state index contributed by atoms with van der Waals surface area (Å²) in [4.78, 5) is 12.6. The van der Waals surface area contributed by atoms with Gasteiger partial charge >= 0.3 is 0 Å². The van der Waals surface area contributed by atoms with Crippen molar-refractivity contribution in [1.82, 2.24) is 10.3 Å². The molecule has 0 spiro atoms. The van der Waals surface area contributed by atoms with Crippen LogP contribution in [0.4, 0.5) is 5.82 Å². The number of aryl methyl sites for hydroxylation is 2. The third-order valence-electron chi connectivity index (χ3n) is 4.63. The zero-order chi connectivity index (χ0) is 20.3. The van der Waals surface area contributed by atoms with Crippen molar-refractivity contribution < 1.29 is 18.9 Å². The maximum absolute atomic E-state index is 12.6. The van der Waals surface area contributed by atoms with Crippen molar-refractivity contribution in [2.75, 3.05) is 12.4 Å². The minimum absolute atomic E-state index is 0.242. The van der Waals surface area contributed by atoms with Crippen LogP contribution >= 0.6 is 0 Å². The Morgan fingerprint density at radius 2 is 1.86 bits per heavy atom. The van der Waals surface area contributed by atoms with E-state index in [0.29, 0.717) is 11.4 Å². The zero-order valence-electron chi connectivity index (χ0n) is 16.6. The van der Waals surface area contributed by atoms with Gasteiger partial charge in [0, 0.05) is 5.56 Å². The topological polar surface area (TPSA) is 86.5 Å². The molecule has 0 fully saturated rings. The summed E-state index contributed by atoms with van der Waals surface area (Å²) >= 11 is 0. The highest BCUT2D eigenvalue weighted by atomic mass is 16.6. The predicted octanol–water partition coefficient (Wildman–Crippen LogP) is 4.08. The summed E-state index contributed by atoms with van der Waals surface area (Å²) in [7, 11) is 1.61. The van der Waals surface area contributed by atoms with Crippen molar-refractivity contribution in [3.63, 3.8) is 0 Å². The molecule has 146 valence electrons. The lowest BCUT2D eigenvalue weighted by Crippen LogP contribution is -2.30. The summed E-state index contributed by atoms with van der Waals surface area (Å²) < 4.78 is 15.9. The van der Waals surface area contributed by atoms with E-state index in [1.54, 1.807) is 14.0 Å². The Bertz CT molecular complexity index is 997. The van der Waals surface area contributed by atoms with Gasteiger partial charge in [-0.25, -0.2) is 4.63 Å². The number of nitrogens with one attached hydrogen (secondary N) is 1. The smallest absolute Gasteiger partial charge is 0.266 e. The van der Waals surface area contributed by atoms with Crippen LogP contribution in [0.25, 0.3) is 11.3 Å². The van der Waals surface area contributed by atoms with Gasteiger partial charge in [-0.2, -0.15) is 0 Å². The van der Waals surface area contributed by atoms with Crippen LogP contribution < -0.4 is 14.8 Å². The van der Waals surface area contributed by atoms with Crippen LogP contribution in [-0.2, 0) is 4.79 Å². The van der Waals surface area contributed by atoms with Crippen molar-refractivity contribution in [3.05, 3.63) is 53.1 Å². The minimum Gasteiger partial charge on any atom is -0.496 e. The molecule has 0 bridgehead atoms. The second-order valence-electron chi connectivity index (χ2n) is 6.59. The Morgan fingerprint density at radius 3 is 2.57 bits per heavy atom. The van der Waals surface area contributed by atoms with Gasteiger partial charge in [0.05, 0.1) is 7.11 Å². The van der Waals surface area contributed by atoms with E-state index < -0.39 is 6.10 Å². The van der Waals surface area contributed by atoms with Crippen LogP contribution in [0.5, 0.6) is 11.5 Å². The molecule has 0 aliphatic carbocycles. The van der Waals surface area contributed by atoms with Crippen molar-refractivity contribution in [3.8, 4) is 22.8 Å². The highest BCUT2D eigenvalue weighted by Crippen LogP contribution is 2.29. The van der Waals surface area contributed by atoms with Gasteiger partial charge in [0.2, 0.25) is 5.82 Å². The molecule has 7 nitrogen and oxygen atoms in total. The molecule has 0 saturated carbocycles. The van der Waals surface area contributed by atoms with Crippen molar-refractivity contribution >= 4 is 11.7 Å². The molecule has 3 aromatic rings. The third kappa shape index (κ3) is 3.98. The summed E-state index contributed by atoms with van der Waals surface area (Å²) in [6, 6.07) is 11.3. The number of rotatable bonds is 6. The molecule has 0 aliphatic rings. The number of anilines is 1. The first-order chi connectivity index (χ1) is 13.4. The molecule has 1 heterocycles. The molecule has 0 radical (unpaired) electrons. The molecule has 1 aromatic heterocycles. The Balaban J connectivity index is 1.75. The predicted molar refractivity (Wildman–Crippen MR) is 106 cm³/mol. The first-order valence-electron chi connectivity index (χ1n) is 8.92. The quantitative estimate of drug-likeness (QED) is 0.692. The SMILES string of the molecule is COc1ccc(-c2nonc2NC(=O)C(C)Oc2cccc(C)c2C)cc1C. The number of methoxy groups -OCH3 is 1. The Hall–Kier alpha value is -3.35. The van der Waals surface area contributed by atoms with Gasteiger partial charge in [0.15, 0.2) is 11.8 Å². The van der Waals surface area contributed by atoms with Gasteiger partial charge in [-0.05, 0) is 79.0 Å². The summed E-state index contributed by atoms with van der Waals surface area (Å²) in [6.45, 7) is 7.56. The number of hydrogen-bond donors (Lipinski definition) is 1. The number of amides is 1. The number of ether oxygens (including phenoxy) is 2. The molecule has 0 saturated heterocycles. The van der Waals surface area contributed by atoms with E-state index in [9.17, 15) is 4.79 Å². The highest BCUT2D eigenvalue weighted by molar-refractivity contribution is 5.96. The minimum atomic E-state index is -0.720. The largest absolute Gasteiger partial charge is 0.496 e. The molecule has 1 unspecified atom stereocenters. The van der Waals surface area contributed by atoms with Crippen LogP contribution in [0.2, 0.25) is 0 Å². The van der Waals surface area contributed by atoms with E-state index in [1.807, 2.05) is 57.2 Å². The monoisotopic (exact) mass is 381 g/mol. The van der Waals surface area contributed by atoms with E-state index in [0.717, 1.165) is 28.0 Å². The van der Waals surface area contributed by atoms with E-state index in [-0.39, 0.29) is 11.7 Å². The third-order valence-corrected chi connectivity index (χ3v) is 4.63. The molecule has 1 atom stereocenters. The van der Waals surface area contributed by atoms with E-state index in [2.05, 4.69) is 15.6 Å². The number of benzene rings is 2. The molecule has 3 rings (SSSR count). The lowest BCUT2D eigenvalue weighted by molar-refractivity contribution is -0.122. The molecule has 0 aliphatic heterocycles. The van der Waals surface area contributed by atoms with Crippen molar-refractivity contribution in [2.45, 2.75) is 33.8 Å². The van der Waals surface area contributed by atoms with Gasteiger partial charge in [0.1, 0.15) is 11.5 Å². The Kier molecular flexibility index (Phi) is 5.63. The van der Waals surface area contributed by atoms with Crippen LogP contribution in [-0.4, -0.2) is 29.4 Å². The lowest BCUT2D eigenvalue weighted by atomic mass is 10.1. The van der Waals surface area contributed by atoms with Gasteiger partial charge in [-0.3, -0.25) is 4.79 Å². The number of hydrogen-bond acceptors (Lipinski definition) is 6. The van der Waals surface area contributed by atoms with Gasteiger partial charge in [0.25, 0.3) is 5.91 Å². The molecular formula is C21H23N3O4. The maximum Gasteiger partial charge on any atom is 0.266 e. The summed E-state index contributed by atoms with van der Waals surface area (Å²) in [5.74, 6) is 1.34. The average Bonchev–Trinajstić information content (AvgIpc) is 3.13. The summed E-state index contributed by atoms with van der Waals surface area (Å²) in [5, 5.41) is 10.5. The summed E-state index contributed by atoms with van der Waals surface area (Å²) in [5.41, 5.74) is 4.24.